The average Bonchev–Trinajstić information content (AvgIpc) is 3.02. The van der Waals surface area contributed by atoms with E-state index >= 15 is 0 Å². The Balaban J connectivity index is 1.49. The van der Waals surface area contributed by atoms with Crippen molar-refractivity contribution < 1.29 is 9.26 Å². The molecule has 0 saturated heterocycles. The Morgan fingerprint density at radius 2 is 1.93 bits per heavy atom. The van der Waals surface area contributed by atoms with Crippen molar-refractivity contribution in [2.75, 3.05) is 6.54 Å². The minimum absolute atomic E-state index is 0.443. The summed E-state index contributed by atoms with van der Waals surface area (Å²) in [6, 6.07) is 17.7. The van der Waals surface area contributed by atoms with Crippen molar-refractivity contribution in [3.8, 4) is 11.8 Å². The van der Waals surface area contributed by atoms with Crippen LogP contribution in [0.5, 0.6) is 5.75 Å². The van der Waals surface area contributed by atoms with Crippen molar-refractivity contribution in [2.45, 2.75) is 33.4 Å². The summed E-state index contributed by atoms with van der Waals surface area (Å²) in [7, 11) is 0. The fourth-order valence-corrected chi connectivity index (χ4v) is 2.95. The van der Waals surface area contributed by atoms with Gasteiger partial charge in [-0.15, -0.1) is 0 Å². The van der Waals surface area contributed by atoms with Gasteiger partial charge in [0.05, 0.1) is 17.3 Å². The number of rotatable bonds is 8. The molecule has 2 aromatic carbocycles. The number of aromatic nitrogens is 1. The molecule has 0 aliphatic carbocycles. The molecule has 1 aromatic heterocycles. The van der Waals surface area contributed by atoms with E-state index < -0.39 is 0 Å². The summed E-state index contributed by atoms with van der Waals surface area (Å²) in [5.41, 5.74) is 4.94. The lowest BCUT2D eigenvalue weighted by molar-refractivity contribution is 0.306. The minimum Gasteiger partial charge on any atom is -0.489 e. The zero-order valence-corrected chi connectivity index (χ0v) is 15.7. The monoisotopic (exact) mass is 361 g/mol. The van der Waals surface area contributed by atoms with Crippen LogP contribution in [0.1, 0.15) is 33.7 Å². The second-order valence-electron chi connectivity index (χ2n) is 6.48. The van der Waals surface area contributed by atoms with Gasteiger partial charge in [0.15, 0.2) is 0 Å². The van der Waals surface area contributed by atoms with Gasteiger partial charge in [-0.05, 0) is 62.2 Å². The number of ether oxygens (including phenoxy) is 1. The Labute approximate surface area is 159 Å². The third-order valence-corrected chi connectivity index (χ3v) is 4.42. The lowest BCUT2D eigenvalue weighted by atomic mass is 10.1. The molecule has 3 rings (SSSR count). The normalized spacial score (nSPS) is 10.6. The van der Waals surface area contributed by atoms with Gasteiger partial charge in [0.1, 0.15) is 18.1 Å². The molecule has 1 N–H and O–H groups in total. The molecule has 0 aliphatic heterocycles. The zero-order valence-electron chi connectivity index (χ0n) is 15.7. The maximum absolute atomic E-state index is 8.97. The summed E-state index contributed by atoms with van der Waals surface area (Å²) < 4.78 is 11.1. The highest BCUT2D eigenvalue weighted by Gasteiger charge is 2.08. The fraction of sp³-hybridized carbons (Fsp3) is 0.273. The molecule has 0 fully saturated rings. The van der Waals surface area contributed by atoms with Crippen molar-refractivity contribution in [3.05, 3.63) is 82.2 Å². The van der Waals surface area contributed by atoms with Crippen molar-refractivity contribution >= 4 is 0 Å². The molecule has 0 spiro atoms. The fourth-order valence-electron chi connectivity index (χ4n) is 2.95. The average molecular weight is 361 g/mol. The molecule has 0 saturated carbocycles. The molecule has 5 heteroatoms. The summed E-state index contributed by atoms with van der Waals surface area (Å²) >= 11 is 0. The van der Waals surface area contributed by atoms with Gasteiger partial charge >= 0.3 is 0 Å². The second-order valence-corrected chi connectivity index (χ2v) is 6.48. The highest BCUT2D eigenvalue weighted by Crippen LogP contribution is 2.16. The summed E-state index contributed by atoms with van der Waals surface area (Å²) in [6.07, 6.45) is 0.895. The van der Waals surface area contributed by atoms with Gasteiger partial charge < -0.3 is 14.6 Å². The number of hydrogen-bond acceptors (Lipinski definition) is 5. The lowest BCUT2D eigenvalue weighted by Gasteiger charge is -2.09. The van der Waals surface area contributed by atoms with Gasteiger partial charge in [0, 0.05) is 12.1 Å². The standard InChI is InChI=1S/C22H23N3O2/c1-16-22(17(2)27-25-16)9-10-24-14-19-6-4-8-21(12-19)26-15-20-7-3-5-18(11-20)13-23/h3-8,11-12,24H,9-10,14-15H2,1-2H3. The first-order valence-corrected chi connectivity index (χ1v) is 8.99. The minimum atomic E-state index is 0.443. The highest BCUT2D eigenvalue weighted by atomic mass is 16.5. The number of hydrogen-bond donors (Lipinski definition) is 1. The number of nitrogens with one attached hydrogen (secondary N) is 1. The van der Waals surface area contributed by atoms with Crippen LogP contribution in [-0.4, -0.2) is 11.7 Å². The largest absolute Gasteiger partial charge is 0.489 e. The molecular weight excluding hydrogens is 338 g/mol. The number of benzene rings is 2. The van der Waals surface area contributed by atoms with Crippen LogP contribution in [0.2, 0.25) is 0 Å². The van der Waals surface area contributed by atoms with Crippen LogP contribution in [0, 0.1) is 25.2 Å². The van der Waals surface area contributed by atoms with Crippen molar-refractivity contribution in [2.24, 2.45) is 0 Å². The van der Waals surface area contributed by atoms with Crippen LogP contribution in [0.3, 0.4) is 0 Å². The van der Waals surface area contributed by atoms with Crippen LogP contribution in [0.25, 0.3) is 0 Å². The number of aryl methyl sites for hydroxylation is 2. The molecule has 0 bridgehead atoms. The van der Waals surface area contributed by atoms with Crippen LogP contribution in [0.4, 0.5) is 0 Å². The Kier molecular flexibility index (Phi) is 6.24. The van der Waals surface area contributed by atoms with Crippen molar-refractivity contribution in [1.82, 2.24) is 10.5 Å². The van der Waals surface area contributed by atoms with Crippen LogP contribution in [-0.2, 0) is 19.6 Å². The van der Waals surface area contributed by atoms with E-state index in [2.05, 4.69) is 22.6 Å². The number of nitriles is 1. The third kappa shape index (κ3) is 5.19. The summed E-state index contributed by atoms with van der Waals surface area (Å²) in [6.45, 7) is 5.99. The molecule has 27 heavy (non-hydrogen) atoms. The Morgan fingerprint density at radius 3 is 2.70 bits per heavy atom. The van der Waals surface area contributed by atoms with Gasteiger partial charge in [0.2, 0.25) is 0 Å². The maximum Gasteiger partial charge on any atom is 0.137 e. The molecule has 0 amide bonds. The predicted molar refractivity (Wildman–Crippen MR) is 103 cm³/mol. The lowest BCUT2D eigenvalue weighted by Crippen LogP contribution is -2.17. The van der Waals surface area contributed by atoms with Gasteiger partial charge in [-0.2, -0.15) is 5.26 Å². The zero-order chi connectivity index (χ0) is 19.1. The Bertz CT molecular complexity index is 921. The third-order valence-electron chi connectivity index (χ3n) is 4.42. The van der Waals surface area contributed by atoms with E-state index in [0.29, 0.717) is 12.2 Å². The second kappa shape index (κ2) is 9.02. The molecule has 138 valence electrons. The summed E-state index contributed by atoms with van der Waals surface area (Å²) in [4.78, 5) is 0. The van der Waals surface area contributed by atoms with Crippen LogP contribution in [0.15, 0.2) is 53.1 Å². The van der Waals surface area contributed by atoms with E-state index in [1.807, 2.05) is 50.2 Å². The van der Waals surface area contributed by atoms with E-state index in [-0.39, 0.29) is 0 Å². The molecule has 1 heterocycles. The van der Waals surface area contributed by atoms with Crippen LogP contribution >= 0.6 is 0 Å². The Hall–Kier alpha value is -3.10. The van der Waals surface area contributed by atoms with E-state index in [9.17, 15) is 0 Å². The SMILES string of the molecule is Cc1noc(C)c1CCNCc1cccc(OCc2cccc(C#N)c2)c1. The first-order valence-electron chi connectivity index (χ1n) is 8.99. The molecule has 0 unspecified atom stereocenters. The highest BCUT2D eigenvalue weighted by molar-refractivity contribution is 5.33. The summed E-state index contributed by atoms with van der Waals surface area (Å²) in [5.74, 6) is 1.72. The topological polar surface area (TPSA) is 71.1 Å². The smallest absolute Gasteiger partial charge is 0.137 e. The van der Waals surface area contributed by atoms with E-state index in [4.69, 9.17) is 14.5 Å². The van der Waals surface area contributed by atoms with Gasteiger partial charge in [-0.1, -0.05) is 29.4 Å². The molecule has 3 aromatic rings. The predicted octanol–water partition coefficient (Wildman–Crippen LogP) is 4.07. The van der Waals surface area contributed by atoms with E-state index in [0.717, 1.165) is 47.8 Å². The van der Waals surface area contributed by atoms with Gasteiger partial charge in [-0.25, -0.2) is 0 Å². The number of nitrogens with zero attached hydrogens (tertiary/aromatic N) is 2. The van der Waals surface area contributed by atoms with Crippen molar-refractivity contribution in [1.29, 1.82) is 5.26 Å². The van der Waals surface area contributed by atoms with Crippen LogP contribution < -0.4 is 10.1 Å². The molecule has 5 nitrogen and oxygen atoms in total. The molecule has 0 atom stereocenters. The Morgan fingerprint density at radius 1 is 1.11 bits per heavy atom. The summed E-state index contributed by atoms with van der Waals surface area (Å²) in [5, 5.41) is 16.4. The molecule has 0 aliphatic rings. The van der Waals surface area contributed by atoms with E-state index in [1.165, 1.54) is 5.56 Å². The molecule has 0 radical (unpaired) electrons. The maximum atomic E-state index is 8.97. The van der Waals surface area contributed by atoms with Crippen molar-refractivity contribution in [3.63, 3.8) is 0 Å². The first kappa shape index (κ1) is 18.7. The quantitative estimate of drug-likeness (QED) is 0.612. The molecular formula is C22H23N3O2. The van der Waals surface area contributed by atoms with Gasteiger partial charge in [-0.3, -0.25) is 0 Å². The van der Waals surface area contributed by atoms with Gasteiger partial charge in [0.25, 0.3) is 0 Å². The first-order chi connectivity index (χ1) is 13.2. The van der Waals surface area contributed by atoms with E-state index in [1.54, 1.807) is 6.07 Å².